The molecule has 1 aliphatic carbocycles. The van der Waals surface area contributed by atoms with Crippen LogP contribution in [0.1, 0.15) is 51.3 Å². The molecule has 1 amide bonds. The van der Waals surface area contributed by atoms with E-state index in [9.17, 15) is 4.79 Å². The lowest BCUT2D eigenvalue weighted by Crippen LogP contribution is -2.41. The second-order valence-corrected chi connectivity index (χ2v) is 6.15. The maximum atomic E-state index is 12.6. The number of nitrogens with one attached hydrogen (secondary N) is 1. The molecule has 1 aromatic heterocycles. The van der Waals surface area contributed by atoms with Crippen LogP contribution < -0.4 is 11.1 Å². The largest absolute Gasteiger partial charge is 0.440 e. The first-order valence-electron chi connectivity index (χ1n) is 8.04. The smallest absolute Gasteiger partial charge is 0.231 e. The SMILES string of the molecule is CCC(CC)(CN)C(=O)Nc1ccc2oc(C3CC3)nc2c1. The van der Waals surface area contributed by atoms with E-state index in [2.05, 4.69) is 10.3 Å². The van der Waals surface area contributed by atoms with Gasteiger partial charge < -0.3 is 15.5 Å². The number of hydrogen-bond acceptors (Lipinski definition) is 4. The number of amides is 1. The van der Waals surface area contributed by atoms with Crippen molar-refractivity contribution in [1.82, 2.24) is 4.98 Å². The Hall–Kier alpha value is -1.88. The summed E-state index contributed by atoms with van der Waals surface area (Å²) in [4.78, 5) is 17.1. The Bertz CT molecular complexity index is 676. The summed E-state index contributed by atoms with van der Waals surface area (Å²) in [7, 11) is 0. The summed E-state index contributed by atoms with van der Waals surface area (Å²) in [5, 5.41) is 2.98. The Balaban J connectivity index is 1.82. The van der Waals surface area contributed by atoms with Gasteiger partial charge in [0.15, 0.2) is 11.5 Å². The summed E-state index contributed by atoms with van der Waals surface area (Å²) in [5.41, 5.74) is 7.64. The van der Waals surface area contributed by atoms with Crippen LogP contribution >= 0.6 is 0 Å². The molecule has 22 heavy (non-hydrogen) atoms. The number of fused-ring (bicyclic) bond motifs is 1. The maximum absolute atomic E-state index is 12.6. The molecule has 0 atom stereocenters. The van der Waals surface area contributed by atoms with E-state index in [1.807, 2.05) is 32.0 Å². The Morgan fingerprint density at radius 1 is 1.41 bits per heavy atom. The predicted molar refractivity (Wildman–Crippen MR) is 86.7 cm³/mol. The van der Waals surface area contributed by atoms with Gasteiger partial charge in [-0.3, -0.25) is 4.79 Å². The number of carbonyl (C=O) groups excluding carboxylic acids is 1. The Kier molecular flexibility index (Phi) is 3.91. The molecule has 1 aliphatic rings. The van der Waals surface area contributed by atoms with E-state index >= 15 is 0 Å². The number of carbonyl (C=O) groups is 1. The number of nitrogens with zero attached hydrogens (tertiary/aromatic N) is 1. The Morgan fingerprint density at radius 2 is 2.14 bits per heavy atom. The van der Waals surface area contributed by atoms with Crippen LogP contribution in [0, 0.1) is 5.41 Å². The van der Waals surface area contributed by atoms with Gasteiger partial charge in [-0.05, 0) is 43.9 Å². The van der Waals surface area contributed by atoms with Crippen LogP contribution in [0.3, 0.4) is 0 Å². The third-order valence-corrected chi connectivity index (χ3v) is 4.81. The van der Waals surface area contributed by atoms with Crippen LogP contribution in [-0.2, 0) is 4.79 Å². The summed E-state index contributed by atoms with van der Waals surface area (Å²) < 4.78 is 5.74. The first-order valence-corrected chi connectivity index (χ1v) is 8.04. The van der Waals surface area contributed by atoms with Crippen molar-refractivity contribution in [3.8, 4) is 0 Å². The summed E-state index contributed by atoms with van der Waals surface area (Å²) in [6.07, 6.45) is 3.76. The van der Waals surface area contributed by atoms with Gasteiger partial charge in [0.2, 0.25) is 5.91 Å². The molecule has 1 aromatic carbocycles. The van der Waals surface area contributed by atoms with Crippen molar-refractivity contribution >= 4 is 22.7 Å². The van der Waals surface area contributed by atoms with Gasteiger partial charge in [-0.1, -0.05) is 13.8 Å². The van der Waals surface area contributed by atoms with Crippen LogP contribution in [0.25, 0.3) is 11.1 Å². The number of aromatic nitrogens is 1. The monoisotopic (exact) mass is 301 g/mol. The molecule has 118 valence electrons. The summed E-state index contributed by atoms with van der Waals surface area (Å²) in [6, 6.07) is 5.59. The fourth-order valence-corrected chi connectivity index (χ4v) is 2.74. The molecule has 1 heterocycles. The molecule has 3 N–H and O–H groups in total. The number of hydrogen-bond donors (Lipinski definition) is 2. The quantitative estimate of drug-likeness (QED) is 0.856. The van der Waals surface area contributed by atoms with Gasteiger partial charge in [-0.25, -0.2) is 4.98 Å². The van der Waals surface area contributed by atoms with Gasteiger partial charge in [0.25, 0.3) is 0 Å². The fourth-order valence-electron chi connectivity index (χ4n) is 2.74. The van der Waals surface area contributed by atoms with Crippen molar-refractivity contribution in [2.75, 3.05) is 11.9 Å². The molecule has 5 heteroatoms. The first kappa shape index (κ1) is 15.0. The number of nitrogens with two attached hydrogens (primary N) is 1. The molecule has 2 aromatic rings. The zero-order chi connectivity index (χ0) is 15.7. The topological polar surface area (TPSA) is 81.2 Å². The standard InChI is InChI=1S/C17H23N3O2/c1-3-17(4-2,10-18)16(21)19-12-7-8-14-13(9-12)20-15(22-14)11-5-6-11/h7-9,11H,3-6,10,18H2,1-2H3,(H,19,21). The van der Waals surface area contributed by atoms with Crippen molar-refractivity contribution in [3.63, 3.8) is 0 Å². The van der Waals surface area contributed by atoms with Crippen LogP contribution in [0.5, 0.6) is 0 Å². The predicted octanol–water partition coefficient (Wildman–Crippen LogP) is 3.41. The lowest BCUT2D eigenvalue weighted by atomic mass is 9.81. The molecular formula is C17H23N3O2. The van der Waals surface area contributed by atoms with Crippen LogP contribution in [0.15, 0.2) is 22.6 Å². The summed E-state index contributed by atoms with van der Waals surface area (Å²) in [5.74, 6) is 1.28. The molecule has 1 fully saturated rings. The van der Waals surface area contributed by atoms with Gasteiger partial charge >= 0.3 is 0 Å². The van der Waals surface area contributed by atoms with E-state index < -0.39 is 5.41 Å². The van der Waals surface area contributed by atoms with E-state index in [1.165, 1.54) is 0 Å². The van der Waals surface area contributed by atoms with Crippen molar-refractivity contribution in [1.29, 1.82) is 0 Å². The highest BCUT2D eigenvalue weighted by molar-refractivity contribution is 5.96. The zero-order valence-corrected chi connectivity index (χ0v) is 13.2. The molecule has 0 unspecified atom stereocenters. The number of anilines is 1. The number of oxazole rings is 1. The van der Waals surface area contributed by atoms with E-state index in [0.29, 0.717) is 12.5 Å². The molecule has 0 aliphatic heterocycles. The zero-order valence-electron chi connectivity index (χ0n) is 13.2. The highest BCUT2D eigenvalue weighted by atomic mass is 16.3. The normalized spacial score (nSPS) is 15.2. The highest BCUT2D eigenvalue weighted by Crippen LogP contribution is 2.40. The lowest BCUT2D eigenvalue weighted by molar-refractivity contribution is -0.125. The molecular weight excluding hydrogens is 278 g/mol. The van der Waals surface area contributed by atoms with Crippen molar-refractivity contribution in [2.45, 2.75) is 45.4 Å². The first-order chi connectivity index (χ1) is 10.6. The van der Waals surface area contributed by atoms with Crippen molar-refractivity contribution in [2.24, 2.45) is 11.1 Å². The lowest BCUT2D eigenvalue weighted by Gasteiger charge is -2.28. The third-order valence-electron chi connectivity index (χ3n) is 4.81. The maximum Gasteiger partial charge on any atom is 0.231 e. The van der Waals surface area contributed by atoms with Crippen molar-refractivity contribution in [3.05, 3.63) is 24.1 Å². The molecule has 5 nitrogen and oxygen atoms in total. The minimum atomic E-state index is -0.502. The number of rotatable bonds is 6. The summed E-state index contributed by atoms with van der Waals surface area (Å²) >= 11 is 0. The molecule has 1 saturated carbocycles. The average Bonchev–Trinajstić information content (AvgIpc) is 3.29. The second kappa shape index (κ2) is 5.72. The van der Waals surface area contributed by atoms with E-state index in [1.54, 1.807) is 0 Å². The second-order valence-electron chi connectivity index (χ2n) is 6.15. The van der Waals surface area contributed by atoms with Gasteiger partial charge in [0, 0.05) is 18.2 Å². The fraction of sp³-hybridized carbons (Fsp3) is 0.529. The Labute approximate surface area is 130 Å². The Morgan fingerprint density at radius 3 is 2.73 bits per heavy atom. The molecule has 0 radical (unpaired) electrons. The average molecular weight is 301 g/mol. The third kappa shape index (κ3) is 2.61. The van der Waals surface area contributed by atoms with Crippen LogP contribution in [0.4, 0.5) is 5.69 Å². The minimum Gasteiger partial charge on any atom is -0.440 e. The van der Waals surface area contributed by atoms with Gasteiger partial charge in [-0.15, -0.1) is 0 Å². The molecule has 0 saturated heterocycles. The highest BCUT2D eigenvalue weighted by Gasteiger charge is 2.33. The van der Waals surface area contributed by atoms with Crippen LogP contribution in [-0.4, -0.2) is 17.4 Å². The van der Waals surface area contributed by atoms with E-state index in [-0.39, 0.29) is 5.91 Å². The summed E-state index contributed by atoms with van der Waals surface area (Å²) in [6.45, 7) is 4.35. The van der Waals surface area contributed by atoms with Gasteiger partial charge in [0.1, 0.15) is 5.52 Å². The number of benzene rings is 1. The molecule has 3 rings (SSSR count). The van der Waals surface area contributed by atoms with Crippen LogP contribution in [0.2, 0.25) is 0 Å². The van der Waals surface area contributed by atoms with E-state index in [4.69, 9.17) is 10.2 Å². The van der Waals surface area contributed by atoms with E-state index in [0.717, 1.165) is 48.4 Å². The van der Waals surface area contributed by atoms with Gasteiger partial charge in [0.05, 0.1) is 5.41 Å². The minimum absolute atomic E-state index is 0.0229. The van der Waals surface area contributed by atoms with Gasteiger partial charge in [-0.2, -0.15) is 0 Å². The van der Waals surface area contributed by atoms with Crippen molar-refractivity contribution < 1.29 is 9.21 Å². The molecule has 0 spiro atoms. The molecule has 0 bridgehead atoms.